The summed E-state index contributed by atoms with van der Waals surface area (Å²) < 4.78 is 15.6. The van der Waals surface area contributed by atoms with Crippen LogP contribution >= 0.6 is 22.9 Å². The van der Waals surface area contributed by atoms with E-state index < -0.39 is 5.97 Å². The maximum atomic E-state index is 12.6. The number of ether oxygens (including phenoxy) is 3. The van der Waals surface area contributed by atoms with Gasteiger partial charge in [-0.05, 0) is 67.1 Å². The highest BCUT2D eigenvalue weighted by Crippen LogP contribution is 2.29. The molecule has 0 aliphatic heterocycles. The van der Waals surface area contributed by atoms with Crippen LogP contribution in [0.5, 0.6) is 11.5 Å². The Kier molecular flexibility index (Phi) is 9.49. The Bertz CT molecular complexity index is 1460. The lowest BCUT2D eigenvalue weighted by molar-refractivity contribution is -0.142. The Morgan fingerprint density at radius 3 is 2.51 bits per heavy atom. The van der Waals surface area contributed by atoms with Gasteiger partial charge in [-0.15, -0.1) is 11.3 Å². The van der Waals surface area contributed by atoms with Gasteiger partial charge in [0, 0.05) is 27.2 Å². The summed E-state index contributed by atoms with van der Waals surface area (Å²) in [6.45, 7) is 2.01. The molecule has 0 saturated carbocycles. The Labute approximate surface area is 234 Å². The lowest BCUT2D eigenvalue weighted by Gasteiger charge is -2.11. The third-order valence-corrected chi connectivity index (χ3v) is 6.27. The highest BCUT2D eigenvalue weighted by molar-refractivity contribution is 7.14. The minimum Gasteiger partial charge on any atom is -0.490 e. The lowest BCUT2D eigenvalue weighted by Crippen LogP contribution is -2.17. The van der Waals surface area contributed by atoms with Gasteiger partial charge < -0.3 is 19.5 Å². The van der Waals surface area contributed by atoms with Crippen molar-refractivity contribution in [3.63, 3.8) is 0 Å². The van der Waals surface area contributed by atoms with Gasteiger partial charge in [0.15, 0.2) is 23.2 Å². The molecule has 39 heavy (non-hydrogen) atoms. The molecule has 1 heterocycles. The van der Waals surface area contributed by atoms with Crippen molar-refractivity contribution in [2.45, 2.75) is 6.92 Å². The van der Waals surface area contributed by atoms with Crippen molar-refractivity contribution in [1.29, 1.82) is 0 Å². The van der Waals surface area contributed by atoms with Crippen LogP contribution in [0.3, 0.4) is 0 Å². The molecule has 2 N–H and O–H groups in total. The van der Waals surface area contributed by atoms with Gasteiger partial charge in [0.1, 0.15) is 0 Å². The molecular formula is C28H25ClN4O5S. The van der Waals surface area contributed by atoms with Crippen LogP contribution in [-0.2, 0) is 9.53 Å². The van der Waals surface area contributed by atoms with Crippen molar-refractivity contribution in [2.24, 2.45) is 5.10 Å². The van der Waals surface area contributed by atoms with Gasteiger partial charge in [-0.3, -0.25) is 4.79 Å². The predicted octanol–water partition coefficient (Wildman–Crippen LogP) is 5.92. The maximum Gasteiger partial charge on any atom is 0.343 e. The van der Waals surface area contributed by atoms with Crippen LogP contribution in [0.1, 0.15) is 22.8 Å². The first-order valence-corrected chi connectivity index (χ1v) is 13.1. The zero-order valence-electron chi connectivity index (χ0n) is 21.1. The van der Waals surface area contributed by atoms with E-state index in [9.17, 15) is 9.59 Å². The first-order valence-electron chi connectivity index (χ1n) is 11.8. The van der Waals surface area contributed by atoms with Gasteiger partial charge in [-0.1, -0.05) is 23.7 Å². The highest BCUT2D eigenvalue weighted by Gasteiger charge is 2.10. The second-order valence-corrected chi connectivity index (χ2v) is 9.24. The van der Waals surface area contributed by atoms with Crippen molar-refractivity contribution >= 4 is 51.8 Å². The zero-order valence-corrected chi connectivity index (χ0v) is 22.7. The van der Waals surface area contributed by atoms with E-state index in [4.69, 9.17) is 21.1 Å². The third kappa shape index (κ3) is 7.79. The van der Waals surface area contributed by atoms with Crippen LogP contribution in [-0.4, -0.2) is 43.4 Å². The summed E-state index contributed by atoms with van der Waals surface area (Å²) in [6, 6.07) is 19.6. The number of nitrogens with one attached hydrogen (secondary N) is 2. The zero-order chi connectivity index (χ0) is 27.6. The largest absolute Gasteiger partial charge is 0.490 e. The van der Waals surface area contributed by atoms with Crippen molar-refractivity contribution in [3.05, 3.63) is 88.3 Å². The fourth-order valence-electron chi connectivity index (χ4n) is 3.33. The Morgan fingerprint density at radius 1 is 1.03 bits per heavy atom. The maximum absolute atomic E-state index is 12.6. The number of methoxy groups -OCH3 is 1. The molecule has 3 aromatic carbocycles. The second-order valence-electron chi connectivity index (χ2n) is 7.95. The lowest BCUT2D eigenvalue weighted by atomic mass is 10.1. The molecule has 0 saturated heterocycles. The van der Waals surface area contributed by atoms with E-state index in [1.165, 1.54) is 24.7 Å². The number of carbonyl (C=O) groups is 2. The monoisotopic (exact) mass is 564 g/mol. The number of halogens is 1. The van der Waals surface area contributed by atoms with E-state index in [1.807, 2.05) is 48.7 Å². The number of thiazole rings is 1. The van der Waals surface area contributed by atoms with Crippen molar-refractivity contribution in [1.82, 2.24) is 10.4 Å². The van der Waals surface area contributed by atoms with Gasteiger partial charge >= 0.3 is 5.97 Å². The van der Waals surface area contributed by atoms with Crippen LogP contribution in [0, 0.1) is 0 Å². The number of rotatable bonds is 11. The van der Waals surface area contributed by atoms with E-state index >= 15 is 0 Å². The molecular weight excluding hydrogens is 540 g/mol. The molecule has 9 nitrogen and oxygen atoms in total. The second kappa shape index (κ2) is 13.4. The van der Waals surface area contributed by atoms with E-state index in [0.717, 1.165) is 22.1 Å². The number of anilines is 2. The number of aromatic nitrogens is 1. The molecule has 11 heteroatoms. The number of hydrogen-bond donors (Lipinski definition) is 2. The summed E-state index contributed by atoms with van der Waals surface area (Å²) in [7, 11) is 1.29. The predicted molar refractivity (Wildman–Crippen MR) is 152 cm³/mol. The minimum absolute atomic E-state index is 0.233. The number of hydrazone groups is 1. The third-order valence-electron chi connectivity index (χ3n) is 5.26. The summed E-state index contributed by atoms with van der Waals surface area (Å²) >= 11 is 7.42. The van der Waals surface area contributed by atoms with Gasteiger partial charge in [-0.25, -0.2) is 15.2 Å². The number of esters is 1. The fourth-order valence-corrected chi connectivity index (χ4v) is 4.20. The average molecular weight is 565 g/mol. The fraction of sp³-hybridized carbons (Fsp3) is 0.143. The highest BCUT2D eigenvalue weighted by atomic mass is 35.5. The molecule has 0 aliphatic rings. The Balaban J connectivity index is 1.34. The summed E-state index contributed by atoms with van der Waals surface area (Å²) in [4.78, 5) is 28.5. The minimum atomic E-state index is -0.499. The first-order chi connectivity index (χ1) is 18.9. The van der Waals surface area contributed by atoms with Crippen LogP contribution < -0.4 is 20.2 Å². The van der Waals surface area contributed by atoms with Crippen LogP contribution in [0.25, 0.3) is 11.3 Å². The molecule has 0 spiro atoms. The van der Waals surface area contributed by atoms with E-state index in [0.29, 0.717) is 34.3 Å². The number of carbonyl (C=O) groups excluding carboxylic acids is 2. The molecule has 4 aromatic rings. The van der Waals surface area contributed by atoms with Gasteiger partial charge in [0.2, 0.25) is 0 Å². The molecule has 200 valence electrons. The Hall–Kier alpha value is -4.41. The smallest absolute Gasteiger partial charge is 0.343 e. The molecule has 0 radical (unpaired) electrons. The summed E-state index contributed by atoms with van der Waals surface area (Å²) in [5.74, 6) is -0.0112. The molecule has 0 atom stereocenters. The van der Waals surface area contributed by atoms with E-state index in [1.54, 1.807) is 30.3 Å². The van der Waals surface area contributed by atoms with Crippen LogP contribution in [0.4, 0.5) is 10.8 Å². The van der Waals surface area contributed by atoms with Gasteiger partial charge in [-0.2, -0.15) is 5.10 Å². The van der Waals surface area contributed by atoms with Gasteiger partial charge in [0.05, 0.1) is 25.6 Å². The quantitative estimate of drug-likeness (QED) is 0.132. The van der Waals surface area contributed by atoms with Crippen molar-refractivity contribution in [3.8, 4) is 22.8 Å². The van der Waals surface area contributed by atoms with E-state index in [2.05, 4.69) is 25.6 Å². The number of benzene rings is 3. The standard InChI is InChI=1S/C28H25ClN4O5S/c1-3-37-25-14-18(4-13-24(25)38-16-26(34)36-2)15-30-33-27(35)20-7-5-19(6-8-20)23-17-39-28(32-23)31-22-11-9-21(29)10-12-22/h4-15,17H,3,16H2,1-2H3,(H,31,32)(H,33,35)/b30-15-. The summed E-state index contributed by atoms with van der Waals surface area (Å²) in [5.41, 5.74) is 6.22. The SMILES string of the molecule is CCOc1cc(/C=N\NC(=O)c2ccc(-c3csc(Nc4ccc(Cl)cc4)n3)cc2)ccc1OCC(=O)OC. The van der Waals surface area contributed by atoms with Crippen LogP contribution in [0.2, 0.25) is 5.02 Å². The van der Waals surface area contributed by atoms with Crippen LogP contribution in [0.15, 0.2) is 77.2 Å². The summed E-state index contributed by atoms with van der Waals surface area (Å²) in [5, 5.41) is 10.7. The number of nitrogens with zero attached hydrogens (tertiary/aromatic N) is 2. The van der Waals surface area contributed by atoms with Gasteiger partial charge in [0.25, 0.3) is 5.91 Å². The topological polar surface area (TPSA) is 111 Å². The molecule has 1 aromatic heterocycles. The molecule has 0 fully saturated rings. The summed E-state index contributed by atoms with van der Waals surface area (Å²) in [6.07, 6.45) is 1.49. The van der Waals surface area contributed by atoms with Crippen molar-refractivity contribution < 1.29 is 23.8 Å². The molecule has 1 amide bonds. The molecule has 0 aliphatic carbocycles. The van der Waals surface area contributed by atoms with Crippen molar-refractivity contribution in [2.75, 3.05) is 25.6 Å². The number of amides is 1. The van der Waals surface area contributed by atoms with E-state index in [-0.39, 0.29) is 12.5 Å². The molecule has 0 unspecified atom stereocenters. The molecule has 0 bridgehead atoms. The number of hydrogen-bond acceptors (Lipinski definition) is 9. The first kappa shape index (κ1) is 27.6. The molecule has 4 rings (SSSR count). The Morgan fingerprint density at radius 2 is 1.79 bits per heavy atom. The average Bonchev–Trinajstić information content (AvgIpc) is 3.42. The normalized spacial score (nSPS) is 10.7.